The quantitative estimate of drug-likeness (QED) is 0.794. The zero-order valence-corrected chi connectivity index (χ0v) is 10.7. The summed E-state index contributed by atoms with van der Waals surface area (Å²) >= 11 is 0. The average molecular weight is 283 g/mol. The van der Waals surface area contributed by atoms with Gasteiger partial charge in [-0.3, -0.25) is 4.79 Å². The van der Waals surface area contributed by atoms with Crippen molar-refractivity contribution in [3.63, 3.8) is 0 Å². The second-order valence-corrected chi connectivity index (χ2v) is 4.74. The first-order chi connectivity index (χ1) is 9.32. The molecule has 1 aromatic heterocycles. The summed E-state index contributed by atoms with van der Waals surface area (Å²) in [7, 11) is 0. The molecule has 1 atom stereocenters. The number of ketones is 1. The largest absolute Gasteiger partial charge is 0.433 e. The van der Waals surface area contributed by atoms with Crippen molar-refractivity contribution in [2.45, 2.75) is 19.5 Å². The molecule has 20 heavy (non-hydrogen) atoms. The highest BCUT2D eigenvalue weighted by Crippen LogP contribution is 2.31. The number of Topliss-reactive ketones (excluding diaryl/α,β-unsaturated/α-hetero) is 1. The summed E-state index contributed by atoms with van der Waals surface area (Å²) < 4.78 is 38.1. The van der Waals surface area contributed by atoms with Gasteiger partial charge in [0.15, 0.2) is 0 Å². The van der Waals surface area contributed by atoms with Crippen LogP contribution in [-0.4, -0.2) is 23.9 Å². The summed E-state index contributed by atoms with van der Waals surface area (Å²) in [6.45, 7) is 2.28. The molecule has 1 unspecified atom stereocenters. The van der Waals surface area contributed by atoms with Gasteiger partial charge in [-0.1, -0.05) is 6.92 Å². The number of carbonyl (C=O) groups excluding carboxylic acids is 1. The van der Waals surface area contributed by atoms with Gasteiger partial charge in [0.1, 0.15) is 23.4 Å². The Labute approximate surface area is 113 Å². The van der Waals surface area contributed by atoms with Crippen molar-refractivity contribution in [2.75, 3.05) is 18.0 Å². The molecule has 0 bridgehead atoms. The Hall–Kier alpha value is -2.10. The molecule has 1 saturated heterocycles. The van der Waals surface area contributed by atoms with Gasteiger partial charge < -0.3 is 4.90 Å². The van der Waals surface area contributed by atoms with E-state index in [2.05, 4.69) is 4.98 Å². The standard InChI is InChI=1S/C13H12F3N3O/c1-8-7-19(5-4-10(8)20)12-9(6-17)2-3-11(18-12)13(14,15)16/h2-3,8H,4-5,7H2,1H3. The van der Waals surface area contributed by atoms with Gasteiger partial charge in [0.2, 0.25) is 0 Å². The number of nitrogens with zero attached hydrogens (tertiary/aromatic N) is 3. The summed E-state index contributed by atoms with van der Waals surface area (Å²) in [5.74, 6) is -0.194. The van der Waals surface area contributed by atoms with Gasteiger partial charge in [-0.25, -0.2) is 4.98 Å². The highest BCUT2D eigenvalue weighted by molar-refractivity contribution is 5.83. The molecule has 0 saturated carbocycles. The summed E-state index contributed by atoms with van der Waals surface area (Å²) in [5, 5.41) is 9.00. The van der Waals surface area contributed by atoms with E-state index in [1.165, 1.54) is 0 Å². The van der Waals surface area contributed by atoms with Crippen LogP contribution in [0.15, 0.2) is 12.1 Å². The molecule has 1 aromatic rings. The molecule has 0 amide bonds. The van der Waals surface area contributed by atoms with Crippen molar-refractivity contribution in [3.8, 4) is 6.07 Å². The minimum absolute atomic E-state index is 0.00155. The number of anilines is 1. The Morgan fingerprint density at radius 3 is 2.70 bits per heavy atom. The third-order valence-corrected chi connectivity index (χ3v) is 3.26. The molecule has 4 nitrogen and oxygen atoms in total. The molecule has 2 rings (SSSR count). The fraction of sp³-hybridized carbons (Fsp3) is 0.462. The number of alkyl halides is 3. The van der Waals surface area contributed by atoms with Crippen LogP contribution in [0.2, 0.25) is 0 Å². The van der Waals surface area contributed by atoms with Crippen molar-refractivity contribution < 1.29 is 18.0 Å². The lowest BCUT2D eigenvalue weighted by Crippen LogP contribution is -2.40. The number of piperidine rings is 1. The van der Waals surface area contributed by atoms with E-state index in [-0.39, 0.29) is 42.6 Å². The number of hydrogen-bond acceptors (Lipinski definition) is 4. The van der Waals surface area contributed by atoms with Gasteiger partial charge in [-0.15, -0.1) is 0 Å². The number of rotatable bonds is 1. The van der Waals surface area contributed by atoms with Crippen LogP contribution in [0.25, 0.3) is 0 Å². The van der Waals surface area contributed by atoms with Gasteiger partial charge in [0, 0.05) is 25.4 Å². The van der Waals surface area contributed by atoms with Crippen LogP contribution >= 0.6 is 0 Å². The molecule has 106 valence electrons. The molecule has 0 aromatic carbocycles. The fourth-order valence-electron chi connectivity index (χ4n) is 2.14. The first kappa shape index (κ1) is 14.3. The maximum atomic E-state index is 12.7. The first-order valence-electron chi connectivity index (χ1n) is 6.09. The van der Waals surface area contributed by atoms with Crippen molar-refractivity contribution in [1.82, 2.24) is 4.98 Å². The third kappa shape index (κ3) is 2.74. The number of nitriles is 1. The Bertz CT molecular complexity index is 577. The van der Waals surface area contributed by atoms with Crippen LogP contribution < -0.4 is 4.90 Å². The van der Waals surface area contributed by atoms with Gasteiger partial charge in [0.05, 0.1) is 5.56 Å². The molecule has 7 heteroatoms. The van der Waals surface area contributed by atoms with E-state index in [1.54, 1.807) is 11.8 Å². The van der Waals surface area contributed by atoms with Crippen LogP contribution in [0.1, 0.15) is 24.6 Å². The molecule has 2 heterocycles. The van der Waals surface area contributed by atoms with Crippen LogP contribution in [0.5, 0.6) is 0 Å². The smallest absolute Gasteiger partial charge is 0.354 e. The van der Waals surface area contributed by atoms with E-state index in [1.807, 2.05) is 6.07 Å². The minimum atomic E-state index is -4.56. The van der Waals surface area contributed by atoms with E-state index in [4.69, 9.17) is 5.26 Å². The molecular formula is C13H12F3N3O. The third-order valence-electron chi connectivity index (χ3n) is 3.26. The molecule has 0 N–H and O–H groups in total. The van der Waals surface area contributed by atoms with Crippen molar-refractivity contribution >= 4 is 11.6 Å². The van der Waals surface area contributed by atoms with Crippen LogP contribution in [0, 0.1) is 17.2 Å². The fourth-order valence-corrected chi connectivity index (χ4v) is 2.14. The number of carbonyl (C=O) groups is 1. The highest BCUT2D eigenvalue weighted by atomic mass is 19.4. The Kier molecular flexibility index (Phi) is 3.66. The lowest BCUT2D eigenvalue weighted by molar-refractivity contribution is -0.141. The maximum absolute atomic E-state index is 12.7. The van der Waals surface area contributed by atoms with E-state index in [0.29, 0.717) is 0 Å². The van der Waals surface area contributed by atoms with Crippen molar-refractivity contribution in [2.24, 2.45) is 5.92 Å². The van der Waals surface area contributed by atoms with E-state index >= 15 is 0 Å². The lowest BCUT2D eigenvalue weighted by Gasteiger charge is -2.31. The molecule has 0 aliphatic carbocycles. The Morgan fingerprint density at radius 1 is 1.45 bits per heavy atom. The monoisotopic (exact) mass is 283 g/mol. The average Bonchev–Trinajstić information content (AvgIpc) is 2.40. The molecule has 1 aliphatic heterocycles. The Morgan fingerprint density at radius 2 is 2.15 bits per heavy atom. The van der Waals surface area contributed by atoms with Crippen LogP contribution in [0.4, 0.5) is 19.0 Å². The van der Waals surface area contributed by atoms with Gasteiger partial charge in [0.25, 0.3) is 0 Å². The SMILES string of the molecule is CC1CN(c2nc(C(F)(F)F)ccc2C#N)CCC1=O. The molecule has 1 aliphatic rings. The van der Waals surface area contributed by atoms with E-state index in [0.717, 1.165) is 12.1 Å². The number of hydrogen-bond donors (Lipinski definition) is 0. The van der Waals surface area contributed by atoms with Gasteiger partial charge in [-0.2, -0.15) is 18.4 Å². The highest BCUT2D eigenvalue weighted by Gasteiger charge is 2.34. The van der Waals surface area contributed by atoms with E-state index < -0.39 is 11.9 Å². The zero-order chi connectivity index (χ0) is 14.9. The second-order valence-electron chi connectivity index (χ2n) is 4.74. The Balaban J connectivity index is 2.39. The predicted octanol–water partition coefficient (Wildman–Crippen LogP) is 2.39. The lowest BCUT2D eigenvalue weighted by atomic mass is 9.98. The first-order valence-corrected chi connectivity index (χ1v) is 6.09. The maximum Gasteiger partial charge on any atom is 0.433 e. The molecule has 0 spiro atoms. The van der Waals surface area contributed by atoms with Crippen molar-refractivity contribution in [3.05, 3.63) is 23.4 Å². The zero-order valence-electron chi connectivity index (χ0n) is 10.7. The summed E-state index contributed by atoms with van der Waals surface area (Å²) in [4.78, 5) is 16.6. The van der Waals surface area contributed by atoms with Gasteiger partial charge >= 0.3 is 6.18 Å². The van der Waals surface area contributed by atoms with Gasteiger partial charge in [-0.05, 0) is 12.1 Å². The molecular weight excluding hydrogens is 271 g/mol. The topological polar surface area (TPSA) is 57.0 Å². The van der Waals surface area contributed by atoms with Crippen LogP contribution in [-0.2, 0) is 11.0 Å². The summed E-state index contributed by atoms with van der Waals surface area (Å²) in [6.07, 6.45) is -4.30. The number of pyridine rings is 1. The predicted molar refractivity (Wildman–Crippen MR) is 65.0 cm³/mol. The molecule has 1 fully saturated rings. The van der Waals surface area contributed by atoms with E-state index in [9.17, 15) is 18.0 Å². The second kappa shape index (κ2) is 5.12. The summed E-state index contributed by atoms with van der Waals surface area (Å²) in [6, 6.07) is 3.75. The number of aromatic nitrogens is 1. The number of halogens is 3. The van der Waals surface area contributed by atoms with Crippen molar-refractivity contribution in [1.29, 1.82) is 5.26 Å². The normalized spacial score (nSPS) is 19.9. The minimum Gasteiger partial charge on any atom is -0.354 e. The summed E-state index contributed by atoms with van der Waals surface area (Å²) in [5.41, 5.74) is -0.949. The molecule has 0 radical (unpaired) electrons. The van der Waals surface area contributed by atoms with Crippen LogP contribution in [0.3, 0.4) is 0 Å².